The molecule has 0 radical (unpaired) electrons. The maximum Gasteiger partial charge on any atom is 0.251 e. The van der Waals surface area contributed by atoms with Crippen molar-refractivity contribution in [3.8, 4) is 0 Å². The second-order valence-electron chi connectivity index (χ2n) is 5.51. The summed E-state index contributed by atoms with van der Waals surface area (Å²) in [6.07, 6.45) is 2.03. The Morgan fingerprint density at radius 1 is 1.40 bits per heavy atom. The molecule has 1 fully saturated rings. The summed E-state index contributed by atoms with van der Waals surface area (Å²) >= 11 is 8.22. The third kappa shape index (κ3) is 4.09. The summed E-state index contributed by atoms with van der Waals surface area (Å²) in [6.45, 7) is 6.53. The summed E-state index contributed by atoms with van der Waals surface area (Å²) in [4.78, 5) is 14.7. The number of hydrogen-bond donors (Lipinski definition) is 1. The maximum absolute atomic E-state index is 12.2. The third-order valence-corrected chi connectivity index (χ3v) is 5.35. The van der Waals surface area contributed by atoms with E-state index in [1.165, 1.54) is 0 Å². The van der Waals surface area contributed by atoms with Gasteiger partial charge in [0.05, 0.1) is 5.02 Å². The molecule has 1 aliphatic heterocycles. The number of benzene rings is 1. The zero-order valence-electron chi connectivity index (χ0n) is 11.8. The molecule has 1 aromatic rings. The average Bonchev–Trinajstić information content (AvgIpc) is 2.42. The molecule has 1 amide bonds. The molecule has 20 heavy (non-hydrogen) atoms. The second kappa shape index (κ2) is 7.09. The number of carbonyl (C=O) groups excluding carboxylic acids is 1. The highest BCUT2D eigenvalue weighted by Crippen LogP contribution is 2.20. The van der Waals surface area contributed by atoms with Crippen molar-refractivity contribution >= 4 is 40.1 Å². The first-order valence-electron chi connectivity index (χ1n) is 6.97. The first-order valence-corrected chi connectivity index (χ1v) is 8.43. The molecule has 2 rings (SSSR count). The fourth-order valence-electron chi connectivity index (χ4n) is 2.47. The largest absolute Gasteiger partial charge is 0.349 e. The van der Waals surface area contributed by atoms with E-state index in [0.29, 0.717) is 16.6 Å². The van der Waals surface area contributed by atoms with Gasteiger partial charge in [-0.25, -0.2) is 0 Å². The van der Waals surface area contributed by atoms with E-state index in [0.717, 1.165) is 29.5 Å². The lowest BCUT2D eigenvalue weighted by atomic mass is 10.0. The van der Waals surface area contributed by atoms with Crippen molar-refractivity contribution in [3.05, 3.63) is 32.4 Å². The van der Waals surface area contributed by atoms with Crippen molar-refractivity contribution in [1.82, 2.24) is 10.2 Å². The van der Waals surface area contributed by atoms with Gasteiger partial charge >= 0.3 is 0 Å². The highest BCUT2D eigenvalue weighted by Gasteiger charge is 2.22. The lowest BCUT2D eigenvalue weighted by Crippen LogP contribution is -2.46. The minimum atomic E-state index is -0.0219. The summed E-state index contributed by atoms with van der Waals surface area (Å²) in [5.41, 5.74) is 0.640. The summed E-state index contributed by atoms with van der Waals surface area (Å²) in [5.74, 6) is -0.0219. The van der Waals surface area contributed by atoms with E-state index in [4.69, 9.17) is 11.6 Å². The van der Waals surface area contributed by atoms with Crippen molar-refractivity contribution in [2.24, 2.45) is 0 Å². The number of amides is 1. The maximum atomic E-state index is 12.2. The Morgan fingerprint density at radius 3 is 2.60 bits per heavy atom. The Morgan fingerprint density at radius 2 is 2.05 bits per heavy atom. The smallest absolute Gasteiger partial charge is 0.251 e. The van der Waals surface area contributed by atoms with E-state index in [-0.39, 0.29) is 11.9 Å². The lowest BCUT2D eigenvalue weighted by molar-refractivity contribution is 0.0900. The molecule has 0 spiro atoms. The van der Waals surface area contributed by atoms with Crippen molar-refractivity contribution in [2.75, 3.05) is 13.1 Å². The molecule has 0 unspecified atom stereocenters. The van der Waals surface area contributed by atoms with Crippen LogP contribution in [0.1, 0.15) is 37.0 Å². The molecular weight excluding hydrogens is 387 g/mol. The van der Waals surface area contributed by atoms with Gasteiger partial charge in [-0.05, 0) is 67.5 Å². The molecule has 0 bridgehead atoms. The normalized spacial score (nSPS) is 17.4. The summed E-state index contributed by atoms with van der Waals surface area (Å²) in [5, 5.41) is 3.75. The van der Waals surface area contributed by atoms with Gasteiger partial charge < -0.3 is 10.2 Å². The SMILES string of the molecule is CC(C)N1CCC(NC(=O)c2ccc(I)c(Cl)c2)CC1. The van der Waals surface area contributed by atoms with Crippen molar-refractivity contribution in [2.45, 2.75) is 38.8 Å². The summed E-state index contributed by atoms with van der Waals surface area (Å²) in [7, 11) is 0. The van der Waals surface area contributed by atoms with Gasteiger partial charge in [0.25, 0.3) is 5.91 Å². The topological polar surface area (TPSA) is 32.3 Å². The van der Waals surface area contributed by atoms with Crippen LogP contribution >= 0.6 is 34.2 Å². The van der Waals surface area contributed by atoms with Crippen LogP contribution in [0.4, 0.5) is 0 Å². The van der Waals surface area contributed by atoms with Gasteiger partial charge in [-0.3, -0.25) is 4.79 Å². The highest BCUT2D eigenvalue weighted by atomic mass is 127. The van der Waals surface area contributed by atoms with E-state index in [1.807, 2.05) is 12.1 Å². The molecule has 0 aliphatic carbocycles. The van der Waals surface area contributed by atoms with Gasteiger partial charge in [0.15, 0.2) is 0 Å². The van der Waals surface area contributed by atoms with E-state index in [1.54, 1.807) is 6.07 Å². The molecule has 1 aliphatic rings. The van der Waals surface area contributed by atoms with E-state index in [9.17, 15) is 4.79 Å². The quantitative estimate of drug-likeness (QED) is 0.779. The Labute approximate surface area is 139 Å². The average molecular weight is 407 g/mol. The predicted octanol–water partition coefficient (Wildman–Crippen LogP) is 3.55. The molecule has 5 heteroatoms. The molecule has 1 heterocycles. The van der Waals surface area contributed by atoms with Gasteiger partial charge in [0, 0.05) is 34.3 Å². The molecule has 1 aromatic carbocycles. The number of carbonyl (C=O) groups is 1. The number of hydrogen-bond acceptors (Lipinski definition) is 2. The predicted molar refractivity (Wildman–Crippen MR) is 91.4 cm³/mol. The van der Waals surface area contributed by atoms with E-state index in [2.05, 4.69) is 46.7 Å². The van der Waals surface area contributed by atoms with E-state index < -0.39 is 0 Å². The number of nitrogens with one attached hydrogen (secondary N) is 1. The molecule has 110 valence electrons. The number of piperidine rings is 1. The molecule has 0 aromatic heterocycles. The zero-order valence-corrected chi connectivity index (χ0v) is 14.7. The molecular formula is C15H20ClIN2O. The van der Waals surface area contributed by atoms with Crippen molar-refractivity contribution in [1.29, 1.82) is 0 Å². The van der Waals surface area contributed by atoms with Crippen LogP contribution in [0.5, 0.6) is 0 Å². The molecule has 0 saturated carbocycles. The Hall–Kier alpha value is -0.330. The fraction of sp³-hybridized carbons (Fsp3) is 0.533. The van der Waals surface area contributed by atoms with Crippen molar-refractivity contribution in [3.63, 3.8) is 0 Å². The number of halogens is 2. The van der Waals surface area contributed by atoms with Gasteiger partial charge in [-0.1, -0.05) is 11.6 Å². The standard InChI is InChI=1S/C15H20ClIN2O/c1-10(2)19-7-5-12(6-8-19)18-15(20)11-3-4-14(17)13(16)9-11/h3-4,9-10,12H,5-8H2,1-2H3,(H,18,20). The first-order chi connectivity index (χ1) is 9.47. The van der Waals surface area contributed by atoms with Crippen LogP contribution in [0.15, 0.2) is 18.2 Å². The Balaban J connectivity index is 1.91. The van der Waals surface area contributed by atoms with Crippen LogP contribution in [0, 0.1) is 3.57 Å². The van der Waals surface area contributed by atoms with Gasteiger partial charge in [0.2, 0.25) is 0 Å². The monoisotopic (exact) mass is 406 g/mol. The van der Waals surface area contributed by atoms with Gasteiger partial charge in [-0.15, -0.1) is 0 Å². The Kier molecular flexibility index (Phi) is 5.69. The van der Waals surface area contributed by atoms with Crippen LogP contribution in [-0.4, -0.2) is 36.0 Å². The van der Waals surface area contributed by atoms with Crippen LogP contribution in [0.25, 0.3) is 0 Å². The highest BCUT2D eigenvalue weighted by molar-refractivity contribution is 14.1. The fourth-order valence-corrected chi connectivity index (χ4v) is 2.98. The molecule has 1 N–H and O–H groups in total. The van der Waals surface area contributed by atoms with E-state index >= 15 is 0 Å². The summed E-state index contributed by atoms with van der Waals surface area (Å²) in [6, 6.07) is 6.30. The number of rotatable bonds is 3. The number of likely N-dealkylation sites (tertiary alicyclic amines) is 1. The lowest BCUT2D eigenvalue weighted by Gasteiger charge is -2.34. The van der Waals surface area contributed by atoms with Crippen LogP contribution in [-0.2, 0) is 0 Å². The van der Waals surface area contributed by atoms with Gasteiger partial charge in [-0.2, -0.15) is 0 Å². The summed E-state index contributed by atoms with van der Waals surface area (Å²) < 4.78 is 0.964. The number of nitrogens with zero attached hydrogens (tertiary/aromatic N) is 1. The second-order valence-corrected chi connectivity index (χ2v) is 7.08. The van der Waals surface area contributed by atoms with Gasteiger partial charge in [0.1, 0.15) is 0 Å². The van der Waals surface area contributed by atoms with Crippen LogP contribution in [0.3, 0.4) is 0 Å². The minimum Gasteiger partial charge on any atom is -0.349 e. The van der Waals surface area contributed by atoms with Crippen LogP contribution in [0.2, 0.25) is 5.02 Å². The van der Waals surface area contributed by atoms with Crippen LogP contribution < -0.4 is 5.32 Å². The first kappa shape index (κ1) is 16.0. The molecule has 0 atom stereocenters. The third-order valence-electron chi connectivity index (χ3n) is 3.78. The molecule has 3 nitrogen and oxygen atoms in total. The van der Waals surface area contributed by atoms with Crippen molar-refractivity contribution < 1.29 is 4.79 Å². The Bertz CT molecular complexity index is 485. The zero-order chi connectivity index (χ0) is 14.7. The molecule has 1 saturated heterocycles. The minimum absolute atomic E-state index is 0.0219.